The highest BCUT2D eigenvalue weighted by molar-refractivity contribution is 5.97. The molecule has 0 aromatic rings. The van der Waals surface area contributed by atoms with Gasteiger partial charge in [0.05, 0.1) is 12.1 Å². The Morgan fingerprint density at radius 1 is 0.844 bits per heavy atom. The van der Waals surface area contributed by atoms with Crippen LogP contribution >= 0.6 is 0 Å². The van der Waals surface area contributed by atoms with E-state index >= 15 is 0 Å². The number of rotatable bonds is 9. The van der Waals surface area contributed by atoms with Crippen LogP contribution < -0.4 is 5.32 Å². The van der Waals surface area contributed by atoms with Crippen molar-refractivity contribution in [3.63, 3.8) is 0 Å². The molecule has 45 heavy (non-hydrogen) atoms. The first-order valence-corrected chi connectivity index (χ1v) is 17.6. The Balaban J connectivity index is 1.80. The number of likely N-dealkylation sites (N-methyl/N-ethyl adjacent to an activating group) is 1. The summed E-state index contributed by atoms with van der Waals surface area (Å²) in [6, 6.07) is -1.14. The van der Waals surface area contributed by atoms with E-state index in [-0.39, 0.29) is 59.8 Å². The van der Waals surface area contributed by atoms with Crippen molar-refractivity contribution in [2.24, 2.45) is 11.3 Å². The van der Waals surface area contributed by atoms with Crippen LogP contribution in [0.4, 0.5) is 0 Å². The molecule has 9 nitrogen and oxygen atoms in total. The molecular weight excluding hydrogens is 566 g/mol. The van der Waals surface area contributed by atoms with Crippen molar-refractivity contribution in [2.75, 3.05) is 20.1 Å². The minimum atomic E-state index is -0.717. The smallest absolute Gasteiger partial charge is 0.249 e. The quantitative estimate of drug-likeness (QED) is 0.363. The minimum absolute atomic E-state index is 0.0267. The van der Waals surface area contributed by atoms with E-state index in [1.54, 1.807) is 23.8 Å². The molecule has 3 aliphatic rings. The predicted octanol–water partition coefficient (Wildman–Crippen LogP) is 4.99. The Kier molecular flexibility index (Phi) is 12.7. The fourth-order valence-electron chi connectivity index (χ4n) is 7.69. The average molecular weight is 630 g/mol. The molecule has 3 unspecified atom stereocenters. The van der Waals surface area contributed by atoms with Crippen molar-refractivity contribution >= 4 is 23.6 Å². The lowest BCUT2D eigenvalue weighted by atomic mass is 9.84. The summed E-state index contributed by atoms with van der Waals surface area (Å²) in [7, 11) is 1.77. The highest BCUT2D eigenvalue weighted by Crippen LogP contribution is 2.30. The SMILES string of the molecule is CC(=C[C@H](C(C)C)N(C)C(=O)[C@@H](NC(=O)C1CCCCN1C(C)C)C(C)(C)C)C(=O)N1CCC[C@H]1C(=O)N1C(C)CCCC1C. The summed E-state index contributed by atoms with van der Waals surface area (Å²) in [6.45, 7) is 21.7. The lowest BCUT2D eigenvalue weighted by Crippen LogP contribution is -2.60. The van der Waals surface area contributed by atoms with Crippen LogP contribution in [0, 0.1) is 11.3 Å². The first-order valence-electron chi connectivity index (χ1n) is 17.6. The number of nitrogens with one attached hydrogen (secondary N) is 1. The van der Waals surface area contributed by atoms with Gasteiger partial charge in [-0.15, -0.1) is 0 Å². The number of hydrogen-bond donors (Lipinski definition) is 1. The number of nitrogens with zero attached hydrogens (tertiary/aromatic N) is 4. The molecule has 0 aromatic carbocycles. The zero-order valence-corrected chi connectivity index (χ0v) is 30.2. The second-order valence-corrected chi connectivity index (χ2v) is 15.7. The monoisotopic (exact) mass is 629 g/mol. The van der Waals surface area contributed by atoms with E-state index in [4.69, 9.17) is 0 Å². The van der Waals surface area contributed by atoms with Gasteiger partial charge in [-0.3, -0.25) is 24.1 Å². The standard InChI is InChI=1S/C36H63N5O4/c1-23(2)30(22-25(5)33(43)40-21-15-19-29(40)34(44)41-26(6)16-14-17-27(41)7)38(11)35(45)31(36(8,9)10)37-32(42)28-18-12-13-20-39(28)24(3)4/h22-24,26-31H,12-21H2,1-11H3,(H,37,42)/t26?,27?,28?,29-,30+,31+/m0/s1. The molecule has 0 aliphatic carbocycles. The average Bonchev–Trinajstić information content (AvgIpc) is 3.46. The van der Waals surface area contributed by atoms with Crippen LogP contribution in [0.1, 0.15) is 121 Å². The Morgan fingerprint density at radius 2 is 1.44 bits per heavy atom. The summed E-state index contributed by atoms with van der Waals surface area (Å²) >= 11 is 0. The number of likely N-dealkylation sites (tertiary alicyclic amines) is 3. The molecule has 1 N–H and O–H groups in total. The van der Waals surface area contributed by atoms with Gasteiger partial charge in [-0.25, -0.2) is 0 Å². The number of hydrogen-bond acceptors (Lipinski definition) is 5. The first-order chi connectivity index (χ1) is 21.0. The maximum atomic E-state index is 14.2. The summed E-state index contributed by atoms with van der Waals surface area (Å²) in [5.41, 5.74) is 0.0271. The van der Waals surface area contributed by atoms with Gasteiger partial charge in [-0.1, -0.05) is 47.1 Å². The zero-order valence-electron chi connectivity index (χ0n) is 30.2. The number of carbonyl (C=O) groups excluding carboxylic acids is 4. The van der Waals surface area contributed by atoms with E-state index < -0.39 is 17.5 Å². The summed E-state index contributed by atoms with van der Waals surface area (Å²) in [6.07, 6.45) is 9.37. The van der Waals surface area contributed by atoms with Gasteiger partial charge in [-0.2, -0.15) is 0 Å². The lowest BCUT2D eigenvalue weighted by Gasteiger charge is -2.42. The van der Waals surface area contributed by atoms with Crippen LogP contribution in [0.2, 0.25) is 0 Å². The molecule has 3 fully saturated rings. The van der Waals surface area contributed by atoms with Crippen LogP contribution in [-0.4, -0.2) is 106 Å². The zero-order chi connectivity index (χ0) is 33.8. The van der Waals surface area contributed by atoms with Gasteiger partial charge in [0.2, 0.25) is 23.6 Å². The van der Waals surface area contributed by atoms with Crippen molar-refractivity contribution in [3.8, 4) is 0 Å². The summed E-state index contributed by atoms with van der Waals surface area (Å²) < 4.78 is 0. The fraction of sp³-hybridized carbons (Fsp3) is 0.833. The molecule has 3 saturated heterocycles. The second kappa shape index (κ2) is 15.4. The van der Waals surface area contributed by atoms with Gasteiger partial charge in [0.25, 0.3) is 0 Å². The van der Waals surface area contributed by atoms with Crippen molar-refractivity contribution in [2.45, 2.75) is 163 Å². The van der Waals surface area contributed by atoms with Crippen molar-refractivity contribution in [3.05, 3.63) is 11.6 Å². The third kappa shape index (κ3) is 8.69. The molecule has 3 rings (SSSR count). The Hall–Kier alpha value is -2.42. The molecule has 3 heterocycles. The maximum Gasteiger partial charge on any atom is 0.249 e. The molecular formula is C36H63N5O4. The van der Waals surface area contributed by atoms with Crippen LogP contribution in [0.15, 0.2) is 11.6 Å². The van der Waals surface area contributed by atoms with Crippen molar-refractivity contribution < 1.29 is 19.2 Å². The first kappa shape index (κ1) is 37.0. The molecule has 0 saturated carbocycles. The minimum Gasteiger partial charge on any atom is -0.342 e. The van der Waals surface area contributed by atoms with Crippen molar-refractivity contribution in [1.82, 2.24) is 24.9 Å². The van der Waals surface area contributed by atoms with E-state index in [1.807, 2.05) is 45.6 Å². The highest BCUT2D eigenvalue weighted by atomic mass is 16.2. The Bertz CT molecular complexity index is 1090. The van der Waals surface area contributed by atoms with Crippen LogP contribution in [0.5, 0.6) is 0 Å². The number of piperidine rings is 2. The molecule has 0 radical (unpaired) electrons. The molecule has 0 bridgehead atoms. The van der Waals surface area contributed by atoms with E-state index in [0.29, 0.717) is 18.5 Å². The topological polar surface area (TPSA) is 93.3 Å². The van der Waals surface area contributed by atoms with E-state index in [0.717, 1.165) is 51.5 Å². The van der Waals surface area contributed by atoms with Crippen LogP contribution in [-0.2, 0) is 19.2 Å². The lowest BCUT2D eigenvalue weighted by molar-refractivity contribution is -0.146. The summed E-state index contributed by atoms with van der Waals surface area (Å²) in [5.74, 6) is -0.297. The molecule has 9 heteroatoms. The maximum absolute atomic E-state index is 14.2. The largest absolute Gasteiger partial charge is 0.342 e. The van der Waals surface area contributed by atoms with E-state index in [9.17, 15) is 19.2 Å². The van der Waals surface area contributed by atoms with Gasteiger partial charge in [0, 0.05) is 37.3 Å². The Labute approximate surface area is 273 Å². The Morgan fingerprint density at radius 3 is 2.00 bits per heavy atom. The van der Waals surface area contributed by atoms with Gasteiger partial charge in [0.1, 0.15) is 12.1 Å². The van der Waals surface area contributed by atoms with Gasteiger partial charge >= 0.3 is 0 Å². The molecule has 256 valence electrons. The summed E-state index contributed by atoms with van der Waals surface area (Å²) in [5, 5.41) is 3.15. The van der Waals surface area contributed by atoms with Gasteiger partial charge < -0.3 is 20.0 Å². The normalized spacial score (nSPS) is 26.6. The molecule has 6 atom stereocenters. The molecule has 4 amide bonds. The third-order valence-electron chi connectivity index (χ3n) is 10.4. The second-order valence-electron chi connectivity index (χ2n) is 15.7. The molecule has 0 aromatic heterocycles. The molecule has 0 spiro atoms. The number of carbonyl (C=O) groups is 4. The fourth-order valence-corrected chi connectivity index (χ4v) is 7.69. The van der Waals surface area contributed by atoms with E-state index in [1.165, 1.54) is 0 Å². The third-order valence-corrected chi connectivity index (χ3v) is 10.4. The van der Waals surface area contributed by atoms with Crippen molar-refractivity contribution in [1.29, 1.82) is 0 Å². The van der Waals surface area contributed by atoms with Gasteiger partial charge in [-0.05, 0) is 97.4 Å². The van der Waals surface area contributed by atoms with Crippen LogP contribution in [0.3, 0.4) is 0 Å². The highest BCUT2D eigenvalue weighted by Gasteiger charge is 2.42. The predicted molar refractivity (Wildman–Crippen MR) is 180 cm³/mol. The number of amides is 4. The summed E-state index contributed by atoms with van der Waals surface area (Å²) in [4.78, 5) is 63.1. The van der Waals surface area contributed by atoms with E-state index in [2.05, 4.69) is 37.9 Å². The van der Waals surface area contributed by atoms with Gasteiger partial charge in [0.15, 0.2) is 0 Å². The molecule has 3 aliphatic heterocycles. The van der Waals surface area contributed by atoms with Crippen LogP contribution in [0.25, 0.3) is 0 Å².